The maximum Gasteiger partial charge on any atom is 0.284 e. The monoisotopic (exact) mass is 290 g/mol. The molecule has 1 aromatic carbocycles. The Labute approximate surface area is 99.9 Å². The molecule has 0 unspecified atom stereocenters. The van der Waals surface area contributed by atoms with E-state index < -0.39 is 23.1 Å². The van der Waals surface area contributed by atoms with Gasteiger partial charge in [0.15, 0.2) is 0 Å². The number of rotatable bonds is 2. The molecule has 0 N–H and O–H groups in total. The third kappa shape index (κ3) is 3.10. The van der Waals surface area contributed by atoms with Crippen LogP contribution in [0.5, 0.6) is 0 Å². The van der Waals surface area contributed by atoms with Gasteiger partial charge in [-0.15, -0.1) is 0 Å². The quantitative estimate of drug-likeness (QED) is 0.619. The molecule has 86 valence electrons. The highest BCUT2D eigenvalue weighted by molar-refractivity contribution is 9.10. The number of amides is 1. The molecule has 1 aromatic rings. The Kier molecular flexibility index (Phi) is 4.12. The molecule has 0 bridgehead atoms. The van der Waals surface area contributed by atoms with Gasteiger partial charge in [0.1, 0.15) is 17.2 Å². The van der Waals surface area contributed by atoms with Crippen LogP contribution in [-0.4, -0.2) is 31.2 Å². The molecule has 0 spiro atoms. The van der Waals surface area contributed by atoms with Crippen molar-refractivity contribution in [3.05, 3.63) is 33.8 Å². The summed E-state index contributed by atoms with van der Waals surface area (Å²) < 4.78 is 26.8. The Bertz CT molecular complexity index is 423. The van der Waals surface area contributed by atoms with Crippen molar-refractivity contribution in [2.24, 2.45) is 4.99 Å². The summed E-state index contributed by atoms with van der Waals surface area (Å²) in [7, 11) is 3.29. The van der Waals surface area contributed by atoms with Crippen molar-refractivity contribution in [2.75, 3.05) is 14.1 Å². The first-order valence-electron chi connectivity index (χ1n) is 4.31. The summed E-state index contributed by atoms with van der Waals surface area (Å²) in [6.45, 7) is 0. The fourth-order valence-electron chi connectivity index (χ4n) is 0.979. The van der Waals surface area contributed by atoms with Crippen LogP contribution in [0.15, 0.2) is 21.6 Å². The maximum atomic E-state index is 13.3. The van der Waals surface area contributed by atoms with E-state index in [1.807, 2.05) is 0 Å². The lowest BCUT2D eigenvalue weighted by Gasteiger charge is -2.03. The van der Waals surface area contributed by atoms with Gasteiger partial charge >= 0.3 is 0 Å². The second kappa shape index (κ2) is 5.16. The van der Waals surface area contributed by atoms with Gasteiger partial charge in [-0.2, -0.15) is 4.99 Å². The number of benzene rings is 1. The normalized spacial score (nSPS) is 10.8. The number of carbonyl (C=O) groups is 1. The molecule has 1 amide bonds. The molecule has 0 aliphatic carbocycles. The third-order valence-electron chi connectivity index (χ3n) is 1.63. The summed E-state index contributed by atoms with van der Waals surface area (Å²) in [6.07, 6.45) is 1.18. The lowest BCUT2D eigenvalue weighted by molar-refractivity contribution is 0.0994. The van der Waals surface area contributed by atoms with E-state index in [-0.39, 0.29) is 4.47 Å². The van der Waals surface area contributed by atoms with E-state index in [1.165, 1.54) is 11.2 Å². The van der Waals surface area contributed by atoms with E-state index in [2.05, 4.69) is 20.9 Å². The first-order valence-corrected chi connectivity index (χ1v) is 5.10. The van der Waals surface area contributed by atoms with E-state index in [1.54, 1.807) is 14.1 Å². The van der Waals surface area contributed by atoms with Crippen molar-refractivity contribution in [1.82, 2.24) is 4.90 Å². The van der Waals surface area contributed by atoms with E-state index >= 15 is 0 Å². The first kappa shape index (κ1) is 12.8. The summed E-state index contributed by atoms with van der Waals surface area (Å²) in [6, 6.07) is 2.03. The highest BCUT2D eigenvalue weighted by Gasteiger charge is 2.17. The minimum absolute atomic E-state index is 0.232. The molecule has 6 heteroatoms. The van der Waals surface area contributed by atoms with Crippen LogP contribution in [0.2, 0.25) is 0 Å². The van der Waals surface area contributed by atoms with Gasteiger partial charge in [0, 0.05) is 18.6 Å². The zero-order chi connectivity index (χ0) is 12.3. The maximum absolute atomic E-state index is 13.3. The van der Waals surface area contributed by atoms with Crippen LogP contribution in [0.25, 0.3) is 0 Å². The molecule has 16 heavy (non-hydrogen) atoms. The predicted molar refractivity (Wildman–Crippen MR) is 60.6 cm³/mol. The number of aliphatic imine (C=N–C) groups is 1. The molecule has 0 atom stereocenters. The van der Waals surface area contributed by atoms with Crippen molar-refractivity contribution < 1.29 is 13.6 Å². The fraction of sp³-hybridized carbons (Fsp3) is 0.200. The van der Waals surface area contributed by atoms with Crippen molar-refractivity contribution in [3.63, 3.8) is 0 Å². The Hall–Kier alpha value is -1.30. The number of carbonyl (C=O) groups excluding carboxylic acids is 1. The molecule has 0 saturated heterocycles. The molecular formula is C10H9BrF2N2O. The van der Waals surface area contributed by atoms with Crippen LogP contribution in [0.4, 0.5) is 8.78 Å². The van der Waals surface area contributed by atoms with Crippen LogP contribution in [0, 0.1) is 11.6 Å². The van der Waals surface area contributed by atoms with Crippen LogP contribution in [-0.2, 0) is 0 Å². The Morgan fingerprint density at radius 2 is 1.88 bits per heavy atom. The first-order chi connectivity index (χ1) is 7.41. The van der Waals surface area contributed by atoms with Crippen LogP contribution >= 0.6 is 15.9 Å². The number of nitrogens with zero attached hydrogens (tertiary/aromatic N) is 2. The average molecular weight is 291 g/mol. The van der Waals surface area contributed by atoms with E-state index in [9.17, 15) is 13.6 Å². The Balaban J connectivity index is 3.09. The molecule has 0 aliphatic heterocycles. The molecule has 1 rings (SSSR count). The highest BCUT2D eigenvalue weighted by atomic mass is 79.9. The minimum atomic E-state index is -0.948. The lowest BCUT2D eigenvalue weighted by Crippen LogP contribution is -2.11. The highest BCUT2D eigenvalue weighted by Crippen LogP contribution is 2.19. The molecule has 0 aromatic heterocycles. The predicted octanol–water partition coefficient (Wildman–Crippen LogP) is 2.46. The van der Waals surface area contributed by atoms with Gasteiger partial charge in [-0.1, -0.05) is 15.9 Å². The second-order valence-corrected chi connectivity index (χ2v) is 4.17. The standard InChI is InChI=1S/C10H9BrF2N2O/c1-15(2)5-14-10(16)9-7(12)3-6(11)4-8(9)13/h3-5H,1-2H3. The van der Waals surface area contributed by atoms with Gasteiger partial charge < -0.3 is 4.90 Å². The number of hydrogen-bond acceptors (Lipinski definition) is 1. The van der Waals surface area contributed by atoms with Gasteiger partial charge in [-0.25, -0.2) is 8.78 Å². The Morgan fingerprint density at radius 3 is 2.31 bits per heavy atom. The second-order valence-electron chi connectivity index (χ2n) is 3.26. The molecule has 3 nitrogen and oxygen atoms in total. The molecule has 0 saturated carbocycles. The molecule has 0 heterocycles. The SMILES string of the molecule is CN(C)C=NC(=O)c1c(F)cc(Br)cc1F. The number of halogens is 3. The zero-order valence-corrected chi connectivity index (χ0v) is 10.3. The van der Waals surface area contributed by atoms with Crippen LogP contribution in [0.1, 0.15) is 10.4 Å². The van der Waals surface area contributed by atoms with Crippen molar-refractivity contribution >= 4 is 28.2 Å². The summed E-state index contributed by atoms with van der Waals surface area (Å²) >= 11 is 2.92. The van der Waals surface area contributed by atoms with Gasteiger partial charge in [0.05, 0.1) is 6.34 Å². The van der Waals surface area contributed by atoms with Gasteiger partial charge in [-0.3, -0.25) is 4.79 Å². The molecule has 0 radical (unpaired) electrons. The summed E-state index contributed by atoms with van der Waals surface area (Å²) in [4.78, 5) is 16.3. The van der Waals surface area contributed by atoms with E-state index in [0.717, 1.165) is 12.1 Å². The van der Waals surface area contributed by atoms with E-state index in [0.29, 0.717) is 0 Å². The topological polar surface area (TPSA) is 32.7 Å². The largest absolute Gasteiger partial charge is 0.369 e. The van der Waals surface area contributed by atoms with Gasteiger partial charge in [0.2, 0.25) is 0 Å². The van der Waals surface area contributed by atoms with Gasteiger partial charge in [0.25, 0.3) is 5.91 Å². The smallest absolute Gasteiger partial charge is 0.284 e. The van der Waals surface area contributed by atoms with Crippen LogP contribution in [0.3, 0.4) is 0 Å². The molecule has 0 fully saturated rings. The summed E-state index contributed by atoms with van der Waals surface area (Å²) in [5.74, 6) is -2.82. The van der Waals surface area contributed by atoms with Crippen molar-refractivity contribution in [2.45, 2.75) is 0 Å². The third-order valence-corrected chi connectivity index (χ3v) is 2.08. The van der Waals surface area contributed by atoms with Gasteiger partial charge in [-0.05, 0) is 12.1 Å². The van der Waals surface area contributed by atoms with E-state index in [4.69, 9.17) is 0 Å². The fourth-order valence-corrected chi connectivity index (χ4v) is 1.38. The molecular weight excluding hydrogens is 282 g/mol. The number of hydrogen-bond donors (Lipinski definition) is 0. The van der Waals surface area contributed by atoms with Crippen molar-refractivity contribution in [3.8, 4) is 0 Å². The Morgan fingerprint density at radius 1 is 1.38 bits per heavy atom. The molecule has 0 aliphatic rings. The summed E-state index contributed by atoms with van der Waals surface area (Å²) in [5.41, 5.74) is -0.652. The lowest BCUT2D eigenvalue weighted by atomic mass is 10.2. The summed E-state index contributed by atoms with van der Waals surface area (Å²) in [5, 5.41) is 0. The van der Waals surface area contributed by atoms with Crippen LogP contribution < -0.4 is 0 Å². The average Bonchev–Trinajstić information content (AvgIpc) is 2.12. The van der Waals surface area contributed by atoms with Crippen molar-refractivity contribution in [1.29, 1.82) is 0 Å². The minimum Gasteiger partial charge on any atom is -0.369 e. The zero-order valence-electron chi connectivity index (χ0n) is 8.67.